The Morgan fingerprint density at radius 3 is 2.47 bits per heavy atom. The molecule has 32 heavy (non-hydrogen) atoms. The first-order valence-electron chi connectivity index (χ1n) is 11.4. The van der Waals surface area contributed by atoms with E-state index >= 15 is 0 Å². The molecule has 2 heterocycles. The highest BCUT2D eigenvalue weighted by Crippen LogP contribution is 2.38. The molecular formula is C22H32ClN3O5S. The molecule has 0 bridgehead atoms. The van der Waals surface area contributed by atoms with Crippen LogP contribution in [0.1, 0.15) is 44.1 Å². The van der Waals surface area contributed by atoms with Crippen LogP contribution in [-0.2, 0) is 21.4 Å². The van der Waals surface area contributed by atoms with Gasteiger partial charge in [0.15, 0.2) is 11.5 Å². The van der Waals surface area contributed by atoms with Crippen LogP contribution in [0.15, 0.2) is 12.1 Å². The monoisotopic (exact) mass is 485 g/mol. The highest BCUT2D eigenvalue weighted by atomic mass is 35.5. The number of amides is 1. The second kappa shape index (κ2) is 10.2. The van der Waals surface area contributed by atoms with Crippen molar-refractivity contribution in [3.63, 3.8) is 0 Å². The first kappa shape index (κ1) is 23.6. The van der Waals surface area contributed by atoms with Crippen LogP contribution in [0.4, 0.5) is 0 Å². The van der Waals surface area contributed by atoms with Gasteiger partial charge < -0.3 is 14.4 Å². The van der Waals surface area contributed by atoms with Crippen molar-refractivity contribution in [1.29, 1.82) is 0 Å². The van der Waals surface area contributed by atoms with Crippen molar-refractivity contribution in [2.75, 3.05) is 46.4 Å². The van der Waals surface area contributed by atoms with Gasteiger partial charge in [0, 0.05) is 45.7 Å². The molecule has 1 amide bonds. The van der Waals surface area contributed by atoms with Gasteiger partial charge in [-0.1, -0.05) is 30.9 Å². The zero-order chi connectivity index (χ0) is 22.7. The average molecular weight is 486 g/mol. The maximum Gasteiger partial charge on any atom is 0.282 e. The molecule has 0 aromatic heterocycles. The van der Waals surface area contributed by atoms with Crippen molar-refractivity contribution in [3.05, 3.63) is 22.7 Å². The fraction of sp³-hybridized carbons (Fsp3) is 0.682. The lowest BCUT2D eigenvalue weighted by molar-refractivity contribution is -0.131. The van der Waals surface area contributed by atoms with Gasteiger partial charge >= 0.3 is 0 Å². The maximum atomic E-state index is 13.1. The van der Waals surface area contributed by atoms with E-state index in [0.29, 0.717) is 55.9 Å². The number of halogens is 1. The highest BCUT2D eigenvalue weighted by molar-refractivity contribution is 7.86. The minimum atomic E-state index is -3.51. The van der Waals surface area contributed by atoms with Gasteiger partial charge in [0.05, 0.1) is 24.7 Å². The van der Waals surface area contributed by atoms with Gasteiger partial charge in [-0.3, -0.25) is 4.79 Å². The molecule has 178 valence electrons. The quantitative estimate of drug-likeness (QED) is 0.640. The summed E-state index contributed by atoms with van der Waals surface area (Å²) >= 11 is 6.34. The lowest BCUT2D eigenvalue weighted by atomic mass is 9.96. The molecule has 3 aliphatic rings. The van der Waals surface area contributed by atoms with E-state index in [-0.39, 0.29) is 18.4 Å². The normalized spacial score (nSPS) is 20.9. The van der Waals surface area contributed by atoms with Crippen LogP contribution in [-0.4, -0.2) is 80.3 Å². The number of fused-ring (bicyclic) bond motifs is 1. The van der Waals surface area contributed by atoms with Gasteiger partial charge in [-0.05, 0) is 30.5 Å². The average Bonchev–Trinajstić information content (AvgIpc) is 3.05. The first-order chi connectivity index (χ1) is 15.4. The molecule has 1 aromatic carbocycles. The molecule has 0 atom stereocenters. The number of benzene rings is 1. The number of hydrogen-bond acceptors (Lipinski definition) is 5. The molecule has 0 unspecified atom stereocenters. The number of ether oxygens (including phenoxy) is 2. The smallest absolute Gasteiger partial charge is 0.282 e. The summed E-state index contributed by atoms with van der Waals surface area (Å²) in [5, 5.41) is 0.439. The largest absolute Gasteiger partial charge is 0.489 e. The zero-order valence-electron chi connectivity index (χ0n) is 18.6. The molecule has 8 nitrogen and oxygen atoms in total. The van der Waals surface area contributed by atoms with Crippen molar-refractivity contribution < 1.29 is 22.7 Å². The van der Waals surface area contributed by atoms with Crippen molar-refractivity contribution in [3.8, 4) is 11.5 Å². The Bertz CT molecular complexity index is 928. The molecule has 1 saturated heterocycles. The minimum absolute atomic E-state index is 0.0479. The van der Waals surface area contributed by atoms with Crippen LogP contribution in [0.25, 0.3) is 0 Å². The van der Waals surface area contributed by atoms with Crippen molar-refractivity contribution >= 4 is 27.7 Å². The maximum absolute atomic E-state index is 13.1. The van der Waals surface area contributed by atoms with Crippen molar-refractivity contribution in [2.24, 2.45) is 0 Å². The Morgan fingerprint density at radius 1 is 1.06 bits per heavy atom. The minimum Gasteiger partial charge on any atom is -0.489 e. The molecule has 1 saturated carbocycles. The summed E-state index contributed by atoms with van der Waals surface area (Å²) in [5.74, 6) is 1.05. The lowest BCUT2D eigenvalue weighted by Gasteiger charge is -2.38. The number of nitrogens with zero attached hydrogens (tertiary/aromatic N) is 3. The predicted octanol–water partition coefficient (Wildman–Crippen LogP) is 2.70. The van der Waals surface area contributed by atoms with Crippen molar-refractivity contribution in [1.82, 2.24) is 13.5 Å². The molecule has 1 aromatic rings. The number of carbonyl (C=O) groups excluding carboxylic acids is 1. The van der Waals surface area contributed by atoms with E-state index in [1.165, 1.54) is 10.7 Å². The number of rotatable bonds is 5. The molecule has 10 heteroatoms. The molecule has 2 fully saturated rings. The summed E-state index contributed by atoms with van der Waals surface area (Å²) in [4.78, 5) is 14.6. The second-order valence-corrected chi connectivity index (χ2v) is 11.1. The van der Waals surface area contributed by atoms with Gasteiger partial charge in [-0.2, -0.15) is 17.0 Å². The Balaban J connectivity index is 1.34. The van der Waals surface area contributed by atoms with Crippen molar-refractivity contribution in [2.45, 2.75) is 51.0 Å². The van der Waals surface area contributed by atoms with Gasteiger partial charge in [-0.25, -0.2) is 0 Å². The Kier molecular flexibility index (Phi) is 7.49. The second-order valence-electron chi connectivity index (χ2n) is 8.73. The molecular weight excluding hydrogens is 454 g/mol. The lowest BCUT2D eigenvalue weighted by Crippen LogP contribution is -2.55. The van der Waals surface area contributed by atoms with Gasteiger partial charge in [0.2, 0.25) is 5.91 Å². The molecule has 4 rings (SSSR count). The van der Waals surface area contributed by atoms with Crippen LogP contribution < -0.4 is 9.47 Å². The standard InChI is InChI=1S/C22H32ClN3O5S/c1-24(18-6-3-2-4-7-18)32(28,29)26-10-8-25(9-11-26)21(27)16-17-14-19(23)22-20(15-17)30-12-5-13-31-22/h14-15,18H,2-13,16H2,1H3. The number of hydrogen-bond donors (Lipinski definition) is 0. The summed E-state index contributed by atoms with van der Waals surface area (Å²) in [6.45, 7) is 2.49. The van der Waals surface area contributed by atoms with E-state index in [2.05, 4.69) is 0 Å². The number of carbonyl (C=O) groups is 1. The third kappa shape index (κ3) is 5.16. The van der Waals surface area contributed by atoms with E-state index in [1.54, 1.807) is 22.3 Å². The summed E-state index contributed by atoms with van der Waals surface area (Å²) in [5.41, 5.74) is 0.760. The summed E-state index contributed by atoms with van der Waals surface area (Å²) in [6.07, 6.45) is 6.15. The van der Waals surface area contributed by atoms with Crippen LogP contribution in [0.5, 0.6) is 11.5 Å². The zero-order valence-corrected chi connectivity index (χ0v) is 20.2. The Hall–Kier alpha value is -1.55. The molecule has 0 radical (unpaired) electrons. The topological polar surface area (TPSA) is 79.4 Å². The predicted molar refractivity (Wildman–Crippen MR) is 122 cm³/mol. The Labute approximate surface area is 195 Å². The van der Waals surface area contributed by atoms with Gasteiger partial charge in [-0.15, -0.1) is 0 Å². The fourth-order valence-electron chi connectivity index (χ4n) is 4.66. The van der Waals surface area contributed by atoms with Crippen LogP contribution in [0.3, 0.4) is 0 Å². The molecule has 0 spiro atoms. The van der Waals surface area contributed by atoms with Crippen LogP contribution in [0, 0.1) is 0 Å². The Morgan fingerprint density at radius 2 is 1.75 bits per heavy atom. The van der Waals surface area contributed by atoms with E-state index in [9.17, 15) is 13.2 Å². The van der Waals surface area contributed by atoms with E-state index in [4.69, 9.17) is 21.1 Å². The summed E-state index contributed by atoms with van der Waals surface area (Å²) < 4.78 is 40.5. The van der Waals surface area contributed by atoms with Gasteiger partial charge in [0.1, 0.15) is 0 Å². The molecule has 2 aliphatic heterocycles. The van der Waals surface area contributed by atoms with E-state index in [1.807, 2.05) is 6.07 Å². The van der Waals surface area contributed by atoms with E-state index in [0.717, 1.165) is 37.7 Å². The summed E-state index contributed by atoms with van der Waals surface area (Å²) in [7, 11) is -1.82. The fourth-order valence-corrected chi connectivity index (χ4v) is 6.52. The van der Waals surface area contributed by atoms with Crippen LogP contribution in [0.2, 0.25) is 5.02 Å². The molecule has 0 N–H and O–H groups in total. The third-order valence-electron chi connectivity index (χ3n) is 6.59. The summed E-state index contributed by atoms with van der Waals surface area (Å²) in [6, 6.07) is 3.63. The van der Waals surface area contributed by atoms with Crippen LogP contribution >= 0.6 is 11.6 Å². The highest BCUT2D eigenvalue weighted by Gasteiger charge is 2.35. The molecule has 1 aliphatic carbocycles. The van der Waals surface area contributed by atoms with Gasteiger partial charge in [0.25, 0.3) is 10.2 Å². The number of piperazine rings is 1. The first-order valence-corrected chi connectivity index (χ1v) is 13.2. The van der Waals surface area contributed by atoms with E-state index < -0.39 is 10.2 Å². The SMILES string of the molecule is CN(C1CCCCC1)S(=O)(=O)N1CCN(C(=O)Cc2cc(Cl)c3c(c2)OCCCO3)CC1. The third-order valence-corrected chi connectivity index (χ3v) is 8.91.